The first-order valence-corrected chi connectivity index (χ1v) is 8.09. The molecule has 0 radical (unpaired) electrons. The molecular weight excluding hydrogens is 379 g/mol. The maximum atomic E-state index is 13.3. The number of rotatable bonds is 5. The Morgan fingerprint density at radius 2 is 2.25 bits per heavy atom. The molecule has 0 aliphatic carbocycles. The molecule has 6 nitrogen and oxygen atoms in total. The molecule has 3 aromatic rings. The summed E-state index contributed by atoms with van der Waals surface area (Å²) in [6.45, 7) is 2.59. The van der Waals surface area contributed by atoms with Crippen LogP contribution in [0.1, 0.15) is 6.92 Å². The lowest BCUT2D eigenvalue weighted by atomic mass is 10.2. The molecule has 0 saturated carbocycles. The molecule has 2 aromatic heterocycles. The van der Waals surface area contributed by atoms with Crippen LogP contribution in [0.25, 0.3) is 23.0 Å². The molecule has 0 atom stereocenters. The van der Waals surface area contributed by atoms with E-state index in [-0.39, 0.29) is 18.3 Å². The molecule has 3 rings (SSSR count). The number of halogens is 2. The van der Waals surface area contributed by atoms with Crippen molar-refractivity contribution in [2.24, 2.45) is 0 Å². The van der Waals surface area contributed by atoms with E-state index in [1.54, 1.807) is 35.0 Å². The summed E-state index contributed by atoms with van der Waals surface area (Å²) in [7, 11) is 0. The van der Waals surface area contributed by atoms with Crippen LogP contribution in [0.3, 0.4) is 0 Å². The Morgan fingerprint density at radius 3 is 3.00 bits per heavy atom. The predicted molar refractivity (Wildman–Crippen MR) is 89.5 cm³/mol. The minimum absolute atomic E-state index is 0.0999. The van der Waals surface area contributed by atoms with E-state index in [9.17, 15) is 9.18 Å². The number of likely N-dealkylation sites (N-methyl/N-ethyl adjacent to an activating group) is 1. The summed E-state index contributed by atoms with van der Waals surface area (Å²) < 4.78 is 20.7. The lowest BCUT2D eigenvalue weighted by molar-refractivity contribution is -0.121. The molecule has 124 valence electrons. The molecule has 0 aliphatic heterocycles. The Bertz CT molecular complexity index is 875. The van der Waals surface area contributed by atoms with Gasteiger partial charge in [-0.1, -0.05) is 5.16 Å². The van der Waals surface area contributed by atoms with Gasteiger partial charge in [0, 0.05) is 18.3 Å². The van der Waals surface area contributed by atoms with Crippen molar-refractivity contribution >= 4 is 21.8 Å². The lowest BCUT2D eigenvalue weighted by Gasteiger charge is -2.06. The van der Waals surface area contributed by atoms with Crippen LogP contribution < -0.4 is 5.32 Å². The predicted octanol–water partition coefficient (Wildman–Crippen LogP) is 3.24. The van der Waals surface area contributed by atoms with Crippen molar-refractivity contribution in [1.82, 2.24) is 20.0 Å². The maximum absolute atomic E-state index is 13.3. The van der Waals surface area contributed by atoms with Crippen molar-refractivity contribution in [3.63, 3.8) is 0 Å². The maximum Gasteiger partial charge on any atom is 0.274 e. The van der Waals surface area contributed by atoms with Crippen LogP contribution in [0.2, 0.25) is 0 Å². The number of aromatic nitrogens is 3. The molecule has 0 aliphatic rings. The standard InChI is InChI=1S/C16H14BrFN4O2/c1-2-19-14(23)9-22-7-3-4-13(22)16-20-15(21-24-16)10-5-6-12(18)11(17)8-10/h3-8H,2,9H2,1H3,(H,19,23). The van der Waals surface area contributed by atoms with E-state index in [0.29, 0.717) is 34.0 Å². The largest absolute Gasteiger partial charge is 0.355 e. The molecule has 0 spiro atoms. The van der Waals surface area contributed by atoms with Gasteiger partial charge in [-0.3, -0.25) is 4.79 Å². The van der Waals surface area contributed by atoms with Gasteiger partial charge in [0.2, 0.25) is 11.7 Å². The molecule has 1 amide bonds. The topological polar surface area (TPSA) is 73.0 Å². The van der Waals surface area contributed by atoms with Gasteiger partial charge >= 0.3 is 0 Å². The fourth-order valence-electron chi connectivity index (χ4n) is 2.23. The second-order valence-electron chi connectivity index (χ2n) is 5.03. The minimum atomic E-state index is -0.363. The SMILES string of the molecule is CCNC(=O)Cn1cccc1-c1nc(-c2ccc(F)c(Br)c2)no1. The van der Waals surface area contributed by atoms with Crippen LogP contribution in [0.15, 0.2) is 45.5 Å². The summed E-state index contributed by atoms with van der Waals surface area (Å²) in [6.07, 6.45) is 1.77. The zero-order valence-corrected chi connectivity index (χ0v) is 14.4. The number of hydrogen-bond acceptors (Lipinski definition) is 4. The fourth-order valence-corrected chi connectivity index (χ4v) is 2.61. The number of carbonyl (C=O) groups is 1. The molecule has 1 N–H and O–H groups in total. The van der Waals surface area contributed by atoms with Crippen molar-refractivity contribution in [1.29, 1.82) is 0 Å². The average Bonchev–Trinajstić information content (AvgIpc) is 3.19. The van der Waals surface area contributed by atoms with Crippen molar-refractivity contribution in [3.8, 4) is 23.0 Å². The van der Waals surface area contributed by atoms with Crippen molar-refractivity contribution in [3.05, 3.63) is 46.8 Å². The highest BCUT2D eigenvalue weighted by Crippen LogP contribution is 2.26. The number of benzene rings is 1. The van der Waals surface area contributed by atoms with Crippen LogP contribution >= 0.6 is 15.9 Å². The molecule has 0 saturated heterocycles. The molecule has 24 heavy (non-hydrogen) atoms. The monoisotopic (exact) mass is 392 g/mol. The normalized spacial score (nSPS) is 10.8. The van der Waals surface area contributed by atoms with E-state index in [0.717, 1.165) is 0 Å². The molecular formula is C16H14BrFN4O2. The molecule has 1 aromatic carbocycles. The van der Waals surface area contributed by atoms with E-state index < -0.39 is 0 Å². The molecule has 2 heterocycles. The van der Waals surface area contributed by atoms with Crippen LogP contribution in [0.5, 0.6) is 0 Å². The van der Waals surface area contributed by atoms with Gasteiger partial charge in [0.25, 0.3) is 5.89 Å². The summed E-state index contributed by atoms with van der Waals surface area (Å²) in [5.41, 5.74) is 1.27. The van der Waals surface area contributed by atoms with Crippen molar-refractivity contribution in [2.45, 2.75) is 13.5 Å². The zero-order valence-electron chi connectivity index (χ0n) is 12.8. The van der Waals surface area contributed by atoms with E-state index >= 15 is 0 Å². The number of nitrogens with zero attached hydrogens (tertiary/aromatic N) is 3. The third-order valence-electron chi connectivity index (χ3n) is 3.34. The summed E-state index contributed by atoms with van der Waals surface area (Å²) in [5.74, 6) is 0.173. The second-order valence-corrected chi connectivity index (χ2v) is 5.88. The number of nitrogens with one attached hydrogen (secondary N) is 1. The first-order valence-electron chi connectivity index (χ1n) is 7.30. The minimum Gasteiger partial charge on any atom is -0.355 e. The highest BCUT2D eigenvalue weighted by Gasteiger charge is 2.16. The Labute approximate surface area is 145 Å². The van der Waals surface area contributed by atoms with Crippen LogP contribution in [-0.4, -0.2) is 27.2 Å². The Morgan fingerprint density at radius 1 is 1.42 bits per heavy atom. The Hall–Kier alpha value is -2.48. The fraction of sp³-hybridized carbons (Fsp3) is 0.188. The molecule has 0 unspecified atom stereocenters. The third-order valence-corrected chi connectivity index (χ3v) is 3.95. The van der Waals surface area contributed by atoms with E-state index in [4.69, 9.17) is 4.52 Å². The van der Waals surface area contributed by atoms with Gasteiger partial charge in [-0.05, 0) is 53.2 Å². The van der Waals surface area contributed by atoms with Gasteiger partial charge in [-0.2, -0.15) is 4.98 Å². The van der Waals surface area contributed by atoms with Gasteiger partial charge in [-0.25, -0.2) is 4.39 Å². The smallest absolute Gasteiger partial charge is 0.274 e. The third kappa shape index (κ3) is 3.38. The van der Waals surface area contributed by atoms with Crippen LogP contribution in [-0.2, 0) is 11.3 Å². The summed E-state index contributed by atoms with van der Waals surface area (Å²) in [5, 5.41) is 6.66. The molecule has 8 heteroatoms. The van der Waals surface area contributed by atoms with Crippen molar-refractivity contribution < 1.29 is 13.7 Å². The first kappa shape index (κ1) is 16.4. The van der Waals surface area contributed by atoms with E-state index in [2.05, 4.69) is 31.4 Å². The number of amides is 1. The quantitative estimate of drug-likeness (QED) is 0.723. The van der Waals surface area contributed by atoms with E-state index in [1.165, 1.54) is 6.07 Å². The Balaban J connectivity index is 1.87. The number of carbonyl (C=O) groups excluding carboxylic acids is 1. The van der Waals surface area contributed by atoms with Gasteiger partial charge in [-0.15, -0.1) is 0 Å². The van der Waals surface area contributed by atoms with Gasteiger partial charge in [0.05, 0.1) is 4.47 Å². The first-order chi connectivity index (χ1) is 11.6. The lowest BCUT2D eigenvalue weighted by Crippen LogP contribution is -2.27. The summed E-state index contributed by atoms with van der Waals surface area (Å²) >= 11 is 3.13. The van der Waals surface area contributed by atoms with Gasteiger partial charge in [0.15, 0.2) is 0 Å². The van der Waals surface area contributed by atoms with Gasteiger partial charge < -0.3 is 14.4 Å². The van der Waals surface area contributed by atoms with Crippen LogP contribution in [0, 0.1) is 5.82 Å². The number of hydrogen-bond donors (Lipinski definition) is 1. The van der Waals surface area contributed by atoms with Crippen LogP contribution in [0.4, 0.5) is 4.39 Å². The average molecular weight is 393 g/mol. The molecule has 0 bridgehead atoms. The highest BCUT2D eigenvalue weighted by atomic mass is 79.9. The summed E-state index contributed by atoms with van der Waals surface area (Å²) in [4.78, 5) is 16.1. The second kappa shape index (κ2) is 6.96. The zero-order chi connectivity index (χ0) is 17.1. The van der Waals surface area contributed by atoms with E-state index in [1.807, 2.05) is 6.92 Å². The molecule has 0 fully saturated rings. The van der Waals surface area contributed by atoms with Gasteiger partial charge in [0.1, 0.15) is 18.1 Å². The van der Waals surface area contributed by atoms with Crippen molar-refractivity contribution in [2.75, 3.05) is 6.54 Å². The highest BCUT2D eigenvalue weighted by molar-refractivity contribution is 9.10. The Kier molecular flexibility index (Phi) is 4.75. The summed E-state index contributed by atoms with van der Waals surface area (Å²) in [6, 6.07) is 8.07.